The number of aromatic nitrogens is 1. The van der Waals surface area contributed by atoms with Crippen LogP contribution in [-0.2, 0) is 4.79 Å². The van der Waals surface area contributed by atoms with E-state index in [2.05, 4.69) is 15.6 Å². The fourth-order valence-corrected chi connectivity index (χ4v) is 2.15. The van der Waals surface area contributed by atoms with Gasteiger partial charge in [0.15, 0.2) is 0 Å². The molecule has 1 aromatic carbocycles. The number of nitrogens with zero attached hydrogens (tertiary/aromatic N) is 1. The summed E-state index contributed by atoms with van der Waals surface area (Å²) in [4.78, 5) is 27.9. The third kappa shape index (κ3) is 3.66. The van der Waals surface area contributed by atoms with Crippen LogP contribution in [0.5, 0.6) is 5.75 Å². The molecule has 6 heteroatoms. The normalized spacial score (nSPS) is 13.3. The number of hydrogen-bond donors (Lipinski definition) is 2. The fraction of sp³-hybridized carbons (Fsp3) is 0.235. The first-order valence-corrected chi connectivity index (χ1v) is 7.37. The van der Waals surface area contributed by atoms with E-state index >= 15 is 0 Å². The first kappa shape index (κ1) is 15.0. The second-order valence-electron chi connectivity index (χ2n) is 5.37. The minimum absolute atomic E-state index is 0.0270. The smallest absolute Gasteiger partial charge is 0.257 e. The number of rotatable bonds is 5. The van der Waals surface area contributed by atoms with E-state index in [4.69, 9.17) is 4.74 Å². The Morgan fingerprint density at radius 3 is 2.70 bits per heavy atom. The molecule has 23 heavy (non-hydrogen) atoms. The molecule has 2 N–H and O–H groups in total. The standard InChI is InChI=1S/C17H17N3O3/c1-23-15-9-13(19-16(21)11-4-5-11)6-7-14(15)20-17(22)12-3-2-8-18-10-12/h2-3,6-11H,4-5H2,1H3,(H,19,21)(H,20,22). The maximum absolute atomic E-state index is 12.2. The molecule has 118 valence electrons. The molecule has 0 bridgehead atoms. The van der Waals surface area contributed by atoms with Gasteiger partial charge in [-0.15, -0.1) is 0 Å². The summed E-state index contributed by atoms with van der Waals surface area (Å²) in [5.74, 6) is 0.368. The van der Waals surface area contributed by atoms with Crippen molar-refractivity contribution in [1.82, 2.24) is 4.98 Å². The number of benzene rings is 1. The monoisotopic (exact) mass is 311 g/mol. The van der Waals surface area contributed by atoms with Crippen LogP contribution in [0.4, 0.5) is 11.4 Å². The number of methoxy groups -OCH3 is 1. The number of ether oxygens (including phenoxy) is 1. The summed E-state index contributed by atoms with van der Waals surface area (Å²) < 4.78 is 5.30. The van der Waals surface area contributed by atoms with E-state index in [0.29, 0.717) is 22.7 Å². The van der Waals surface area contributed by atoms with Crippen molar-refractivity contribution < 1.29 is 14.3 Å². The summed E-state index contributed by atoms with van der Waals surface area (Å²) in [5, 5.41) is 5.63. The lowest BCUT2D eigenvalue weighted by atomic mass is 10.2. The highest BCUT2D eigenvalue weighted by molar-refractivity contribution is 6.05. The second kappa shape index (κ2) is 6.48. The first-order chi connectivity index (χ1) is 11.2. The molecule has 3 rings (SSSR count). The summed E-state index contributed by atoms with van der Waals surface area (Å²) >= 11 is 0. The third-order valence-electron chi connectivity index (χ3n) is 3.59. The quantitative estimate of drug-likeness (QED) is 0.889. The summed E-state index contributed by atoms with van der Waals surface area (Å²) in [6.45, 7) is 0. The first-order valence-electron chi connectivity index (χ1n) is 7.37. The van der Waals surface area contributed by atoms with Gasteiger partial charge in [0.1, 0.15) is 5.75 Å². The third-order valence-corrected chi connectivity index (χ3v) is 3.59. The number of amides is 2. The molecule has 1 aliphatic rings. The Hall–Kier alpha value is -2.89. The average Bonchev–Trinajstić information content (AvgIpc) is 3.42. The van der Waals surface area contributed by atoms with Crippen molar-refractivity contribution in [2.75, 3.05) is 17.7 Å². The van der Waals surface area contributed by atoms with Gasteiger partial charge in [-0.3, -0.25) is 14.6 Å². The van der Waals surface area contributed by atoms with E-state index in [1.54, 1.807) is 36.5 Å². The largest absolute Gasteiger partial charge is 0.494 e. The lowest BCUT2D eigenvalue weighted by Gasteiger charge is -2.12. The molecule has 0 saturated heterocycles. The van der Waals surface area contributed by atoms with E-state index in [-0.39, 0.29) is 17.7 Å². The molecule has 1 heterocycles. The topological polar surface area (TPSA) is 80.3 Å². The van der Waals surface area contributed by atoms with Crippen molar-refractivity contribution in [3.8, 4) is 5.75 Å². The molecule has 6 nitrogen and oxygen atoms in total. The van der Waals surface area contributed by atoms with Crippen molar-refractivity contribution in [1.29, 1.82) is 0 Å². The second-order valence-corrected chi connectivity index (χ2v) is 5.37. The van der Waals surface area contributed by atoms with Gasteiger partial charge in [0.2, 0.25) is 5.91 Å². The Morgan fingerprint density at radius 1 is 1.22 bits per heavy atom. The molecule has 0 radical (unpaired) electrons. The Morgan fingerprint density at radius 2 is 2.04 bits per heavy atom. The van der Waals surface area contributed by atoms with E-state index in [1.807, 2.05) is 0 Å². The predicted molar refractivity (Wildman–Crippen MR) is 86.5 cm³/mol. The van der Waals surface area contributed by atoms with E-state index in [0.717, 1.165) is 12.8 Å². The maximum Gasteiger partial charge on any atom is 0.257 e. The molecular formula is C17H17N3O3. The molecule has 0 spiro atoms. The van der Waals surface area contributed by atoms with Crippen molar-refractivity contribution in [3.05, 3.63) is 48.3 Å². The van der Waals surface area contributed by atoms with Gasteiger partial charge in [-0.25, -0.2) is 0 Å². The maximum atomic E-state index is 12.2. The van der Waals surface area contributed by atoms with Gasteiger partial charge in [-0.05, 0) is 37.1 Å². The van der Waals surface area contributed by atoms with Crippen LogP contribution in [0.1, 0.15) is 23.2 Å². The number of nitrogens with one attached hydrogen (secondary N) is 2. The molecule has 0 unspecified atom stereocenters. The Kier molecular flexibility index (Phi) is 4.23. The van der Waals surface area contributed by atoms with Crippen LogP contribution in [0.15, 0.2) is 42.7 Å². The zero-order valence-corrected chi connectivity index (χ0v) is 12.7. The van der Waals surface area contributed by atoms with Gasteiger partial charge in [0.25, 0.3) is 5.91 Å². The zero-order valence-electron chi connectivity index (χ0n) is 12.7. The number of carbonyl (C=O) groups excluding carboxylic acids is 2. The molecule has 0 atom stereocenters. The Labute approximate surface area is 133 Å². The Bertz CT molecular complexity index is 727. The SMILES string of the molecule is COc1cc(NC(=O)C2CC2)ccc1NC(=O)c1cccnc1. The summed E-state index contributed by atoms with van der Waals surface area (Å²) in [6.07, 6.45) is 4.99. The number of carbonyl (C=O) groups is 2. The van der Waals surface area contributed by atoms with Gasteiger partial charge in [0, 0.05) is 30.1 Å². The van der Waals surface area contributed by atoms with Gasteiger partial charge in [0.05, 0.1) is 18.4 Å². The Balaban J connectivity index is 1.74. The highest BCUT2D eigenvalue weighted by Gasteiger charge is 2.29. The summed E-state index contributed by atoms with van der Waals surface area (Å²) in [6, 6.07) is 8.51. The number of pyridine rings is 1. The van der Waals surface area contributed by atoms with E-state index in [1.165, 1.54) is 13.3 Å². The van der Waals surface area contributed by atoms with Crippen LogP contribution < -0.4 is 15.4 Å². The van der Waals surface area contributed by atoms with Crippen molar-refractivity contribution in [2.24, 2.45) is 5.92 Å². The molecule has 1 aromatic heterocycles. The van der Waals surface area contributed by atoms with Crippen molar-refractivity contribution in [3.63, 3.8) is 0 Å². The highest BCUT2D eigenvalue weighted by Crippen LogP contribution is 2.32. The minimum Gasteiger partial charge on any atom is -0.494 e. The summed E-state index contributed by atoms with van der Waals surface area (Å²) in [7, 11) is 1.52. The number of anilines is 2. The van der Waals surface area contributed by atoms with Crippen LogP contribution in [0.25, 0.3) is 0 Å². The van der Waals surface area contributed by atoms with Gasteiger partial charge in [-0.1, -0.05) is 0 Å². The molecular weight excluding hydrogens is 294 g/mol. The van der Waals surface area contributed by atoms with E-state index < -0.39 is 0 Å². The lowest BCUT2D eigenvalue weighted by molar-refractivity contribution is -0.117. The lowest BCUT2D eigenvalue weighted by Crippen LogP contribution is -2.15. The van der Waals surface area contributed by atoms with Crippen LogP contribution in [0, 0.1) is 5.92 Å². The van der Waals surface area contributed by atoms with Crippen LogP contribution in [0.3, 0.4) is 0 Å². The van der Waals surface area contributed by atoms with Gasteiger partial charge in [-0.2, -0.15) is 0 Å². The van der Waals surface area contributed by atoms with Gasteiger partial charge < -0.3 is 15.4 Å². The van der Waals surface area contributed by atoms with Crippen molar-refractivity contribution >= 4 is 23.2 Å². The van der Waals surface area contributed by atoms with Gasteiger partial charge >= 0.3 is 0 Å². The molecule has 2 aromatic rings. The molecule has 0 aliphatic heterocycles. The molecule has 1 fully saturated rings. The van der Waals surface area contributed by atoms with Crippen LogP contribution in [0.2, 0.25) is 0 Å². The minimum atomic E-state index is -0.272. The highest BCUT2D eigenvalue weighted by atomic mass is 16.5. The molecule has 1 saturated carbocycles. The van der Waals surface area contributed by atoms with Crippen LogP contribution in [-0.4, -0.2) is 23.9 Å². The van der Waals surface area contributed by atoms with Crippen LogP contribution >= 0.6 is 0 Å². The zero-order chi connectivity index (χ0) is 16.2. The molecule has 1 aliphatic carbocycles. The number of hydrogen-bond acceptors (Lipinski definition) is 4. The average molecular weight is 311 g/mol. The summed E-state index contributed by atoms with van der Waals surface area (Å²) in [5.41, 5.74) is 1.64. The molecule has 2 amide bonds. The van der Waals surface area contributed by atoms with E-state index in [9.17, 15) is 9.59 Å². The fourth-order valence-electron chi connectivity index (χ4n) is 2.15. The predicted octanol–water partition coefficient (Wildman–Crippen LogP) is 2.69. The van der Waals surface area contributed by atoms with Crippen molar-refractivity contribution in [2.45, 2.75) is 12.8 Å².